The Morgan fingerprint density at radius 1 is 1.06 bits per heavy atom. The molecule has 0 radical (unpaired) electrons. The molecule has 0 bridgehead atoms. The zero-order valence-electron chi connectivity index (χ0n) is 17.2. The van der Waals surface area contributed by atoms with E-state index < -0.39 is 12.0 Å². The van der Waals surface area contributed by atoms with Crippen molar-refractivity contribution in [3.05, 3.63) is 75.5 Å². The first-order valence-electron chi connectivity index (χ1n) is 9.56. The van der Waals surface area contributed by atoms with Gasteiger partial charge >= 0.3 is 12.0 Å². The normalized spacial score (nSPS) is 10.8. The van der Waals surface area contributed by atoms with Crippen molar-refractivity contribution in [3.63, 3.8) is 0 Å². The molecule has 2 amide bonds. The number of furan rings is 1. The van der Waals surface area contributed by atoms with Gasteiger partial charge < -0.3 is 19.8 Å². The highest BCUT2D eigenvalue weighted by atomic mass is 35.5. The molecule has 8 nitrogen and oxygen atoms in total. The summed E-state index contributed by atoms with van der Waals surface area (Å²) in [5.74, 6) is -0.536. The second kappa shape index (κ2) is 10.7. The number of anilines is 3. The van der Waals surface area contributed by atoms with Crippen LogP contribution in [-0.4, -0.2) is 24.8 Å². The number of amides is 2. The van der Waals surface area contributed by atoms with E-state index in [9.17, 15) is 9.59 Å². The highest BCUT2D eigenvalue weighted by Gasteiger charge is 2.25. The molecule has 0 aliphatic rings. The van der Waals surface area contributed by atoms with Crippen molar-refractivity contribution in [2.45, 2.75) is 13.8 Å². The van der Waals surface area contributed by atoms with Crippen molar-refractivity contribution in [2.24, 2.45) is 5.10 Å². The monoisotopic (exact) mass is 474 g/mol. The average Bonchev–Trinajstić information content (AvgIpc) is 3.06. The first kappa shape index (κ1) is 23.2. The predicted octanol–water partition coefficient (Wildman–Crippen LogP) is 5.97. The van der Waals surface area contributed by atoms with Crippen molar-refractivity contribution in [1.82, 2.24) is 5.43 Å². The molecule has 32 heavy (non-hydrogen) atoms. The molecule has 0 aliphatic carbocycles. The van der Waals surface area contributed by atoms with Crippen LogP contribution < -0.4 is 16.1 Å². The highest BCUT2D eigenvalue weighted by molar-refractivity contribution is 6.36. The Morgan fingerprint density at radius 2 is 1.72 bits per heavy atom. The van der Waals surface area contributed by atoms with E-state index in [2.05, 4.69) is 21.2 Å². The molecule has 0 aliphatic heterocycles. The number of nitrogens with one attached hydrogen (secondary N) is 3. The number of carbonyl (C=O) groups is 2. The fourth-order valence-electron chi connectivity index (χ4n) is 2.60. The highest BCUT2D eigenvalue weighted by Crippen LogP contribution is 2.34. The maximum Gasteiger partial charge on any atom is 0.345 e. The third kappa shape index (κ3) is 6.03. The van der Waals surface area contributed by atoms with E-state index in [1.165, 1.54) is 6.21 Å². The lowest BCUT2D eigenvalue weighted by molar-refractivity contribution is 0.0527. The van der Waals surface area contributed by atoms with E-state index in [0.717, 1.165) is 5.56 Å². The van der Waals surface area contributed by atoms with E-state index in [-0.39, 0.29) is 28.8 Å². The summed E-state index contributed by atoms with van der Waals surface area (Å²) >= 11 is 12.2. The smallest absolute Gasteiger partial charge is 0.345 e. The van der Waals surface area contributed by atoms with Crippen molar-refractivity contribution in [3.8, 4) is 0 Å². The summed E-state index contributed by atoms with van der Waals surface area (Å²) in [6, 6.07) is 13.5. The van der Waals surface area contributed by atoms with Crippen molar-refractivity contribution < 1.29 is 18.7 Å². The molecule has 0 unspecified atom stereocenters. The lowest BCUT2D eigenvalue weighted by Crippen LogP contribution is -2.24. The quantitative estimate of drug-likeness (QED) is 0.222. The lowest BCUT2D eigenvalue weighted by atomic mass is 10.2. The summed E-state index contributed by atoms with van der Waals surface area (Å²) in [5.41, 5.74) is 4.61. The average molecular weight is 475 g/mol. The standard InChI is InChI=1S/C22H20Cl2N4O4/c1-3-31-21(29)18-19(24)17(32-20(18)26-15-10-6-14(23)7-11-15)12-25-28-22(30)27-16-8-4-13(2)5-9-16/h4-12,26H,3H2,1-2H3,(H2,27,28,30)/b25-12-. The Kier molecular flexibility index (Phi) is 7.75. The number of esters is 1. The van der Waals surface area contributed by atoms with Crippen LogP contribution in [0.1, 0.15) is 28.6 Å². The second-order valence-electron chi connectivity index (χ2n) is 6.53. The van der Waals surface area contributed by atoms with Crippen molar-refractivity contribution in [2.75, 3.05) is 17.2 Å². The van der Waals surface area contributed by atoms with Gasteiger partial charge in [0.05, 0.1) is 12.8 Å². The lowest BCUT2D eigenvalue weighted by Gasteiger charge is -2.06. The minimum Gasteiger partial charge on any atom is -0.462 e. The first-order chi connectivity index (χ1) is 15.4. The number of ether oxygens (including phenoxy) is 1. The van der Waals surface area contributed by atoms with Gasteiger partial charge in [-0.25, -0.2) is 15.0 Å². The molecule has 0 saturated heterocycles. The maximum absolute atomic E-state index is 12.4. The SMILES string of the molecule is CCOC(=O)c1c(Nc2ccc(Cl)cc2)oc(/C=N\NC(=O)Nc2ccc(C)cc2)c1Cl. The molecule has 3 N–H and O–H groups in total. The Morgan fingerprint density at radius 3 is 2.38 bits per heavy atom. The van der Waals surface area contributed by atoms with Gasteiger partial charge in [-0.05, 0) is 50.2 Å². The molecule has 0 saturated carbocycles. The number of benzene rings is 2. The summed E-state index contributed by atoms with van der Waals surface area (Å²) in [6.45, 7) is 3.78. The van der Waals surface area contributed by atoms with Gasteiger partial charge in [0.25, 0.3) is 0 Å². The minimum absolute atomic E-state index is 0.00836. The molecule has 0 spiro atoms. The zero-order chi connectivity index (χ0) is 23.1. The maximum atomic E-state index is 12.4. The number of aryl methyl sites for hydroxylation is 1. The van der Waals surface area contributed by atoms with Gasteiger partial charge in [0, 0.05) is 16.4 Å². The van der Waals surface area contributed by atoms with Crippen LogP contribution in [0.5, 0.6) is 0 Å². The Labute approximate surface area is 194 Å². The fourth-order valence-corrected chi connectivity index (χ4v) is 2.97. The minimum atomic E-state index is -0.664. The molecular formula is C22H20Cl2N4O4. The topological polar surface area (TPSA) is 105 Å². The molecule has 0 atom stereocenters. The third-order valence-corrected chi connectivity index (χ3v) is 4.74. The number of nitrogens with zero attached hydrogens (tertiary/aromatic N) is 1. The second-order valence-corrected chi connectivity index (χ2v) is 7.34. The largest absolute Gasteiger partial charge is 0.462 e. The van der Waals surface area contributed by atoms with E-state index >= 15 is 0 Å². The molecule has 10 heteroatoms. The molecule has 2 aromatic carbocycles. The summed E-state index contributed by atoms with van der Waals surface area (Å²) in [7, 11) is 0. The van der Waals surface area contributed by atoms with Gasteiger partial charge in [0.2, 0.25) is 5.88 Å². The van der Waals surface area contributed by atoms with Gasteiger partial charge in [-0.2, -0.15) is 5.10 Å². The van der Waals surface area contributed by atoms with Crippen LogP contribution in [0.25, 0.3) is 0 Å². The first-order valence-corrected chi connectivity index (χ1v) is 10.3. The fraction of sp³-hybridized carbons (Fsp3) is 0.136. The van der Waals surface area contributed by atoms with Gasteiger partial charge in [-0.3, -0.25) is 0 Å². The van der Waals surface area contributed by atoms with Crippen molar-refractivity contribution in [1.29, 1.82) is 0 Å². The van der Waals surface area contributed by atoms with Crippen LogP contribution in [-0.2, 0) is 4.74 Å². The number of hydrogen-bond donors (Lipinski definition) is 3. The molecule has 3 aromatic rings. The van der Waals surface area contributed by atoms with E-state index in [0.29, 0.717) is 16.4 Å². The van der Waals surface area contributed by atoms with E-state index in [4.69, 9.17) is 32.4 Å². The number of hydrogen-bond acceptors (Lipinski definition) is 6. The van der Waals surface area contributed by atoms with Gasteiger partial charge in [0.15, 0.2) is 5.76 Å². The third-order valence-electron chi connectivity index (χ3n) is 4.11. The summed E-state index contributed by atoms with van der Waals surface area (Å²) in [6.07, 6.45) is 1.19. The van der Waals surface area contributed by atoms with Crippen LogP contribution in [0.4, 0.5) is 22.1 Å². The number of halogens is 2. The van der Waals surface area contributed by atoms with Crippen LogP contribution in [0.2, 0.25) is 10.0 Å². The molecule has 166 valence electrons. The van der Waals surface area contributed by atoms with E-state index in [1.807, 2.05) is 19.1 Å². The molecule has 1 aromatic heterocycles. The van der Waals surface area contributed by atoms with Gasteiger partial charge in [-0.1, -0.05) is 40.9 Å². The van der Waals surface area contributed by atoms with Crippen LogP contribution >= 0.6 is 23.2 Å². The number of hydrazone groups is 1. The number of carbonyl (C=O) groups excluding carboxylic acids is 2. The van der Waals surface area contributed by atoms with Gasteiger partial charge in [-0.15, -0.1) is 0 Å². The Hall–Kier alpha value is -3.49. The number of rotatable bonds is 7. The van der Waals surface area contributed by atoms with Crippen molar-refractivity contribution >= 4 is 58.7 Å². The van der Waals surface area contributed by atoms with Crippen LogP contribution in [0.15, 0.2) is 58.0 Å². The Balaban J connectivity index is 1.76. The predicted molar refractivity (Wildman–Crippen MR) is 125 cm³/mol. The van der Waals surface area contributed by atoms with Gasteiger partial charge in [0.1, 0.15) is 10.6 Å². The Bertz CT molecular complexity index is 1130. The molecular weight excluding hydrogens is 455 g/mol. The van der Waals surface area contributed by atoms with Crippen LogP contribution in [0.3, 0.4) is 0 Å². The summed E-state index contributed by atoms with van der Waals surface area (Å²) in [4.78, 5) is 24.4. The summed E-state index contributed by atoms with van der Waals surface area (Å²) in [5, 5.41) is 9.98. The summed E-state index contributed by atoms with van der Waals surface area (Å²) < 4.78 is 10.7. The molecule has 0 fully saturated rings. The zero-order valence-corrected chi connectivity index (χ0v) is 18.8. The molecule has 3 rings (SSSR count). The number of urea groups is 1. The molecule has 1 heterocycles. The van der Waals surface area contributed by atoms with Crippen LogP contribution in [0, 0.1) is 6.92 Å². The van der Waals surface area contributed by atoms with E-state index in [1.54, 1.807) is 43.3 Å².